The van der Waals surface area contributed by atoms with Crippen LogP contribution in [0.2, 0.25) is 10.0 Å². The van der Waals surface area contributed by atoms with E-state index in [1.807, 2.05) is 103 Å². The van der Waals surface area contributed by atoms with E-state index in [4.69, 9.17) is 39.5 Å². The fourth-order valence-corrected chi connectivity index (χ4v) is 4.58. The highest BCUT2D eigenvalue weighted by Gasteiger charge is 2.27. The summed E-state index contributed by atoms with van der Waals surface area (Å²) in [5.41, 5.74) is 4.84. The van der Waals surface area contributed by atoms with E-state index < -0.39 is 6.10 Å². The topological polar surface area (TPSA) is 66.9 Å². The summed E-state index contributed by atoms with van der Waals surface area (Å²) in [6.07, 6.45) is 3.40. The molecule has 4 aromatic rings. The van der Waals surface area contributed by atoms with Crippen molar-refractivity contribution in [3.8, 4) is 0 Å². The monoisotopic (exact) mass is 632 g/mol. The number of ether oxygens (including phenoxy) is 1. The summed E-state index contributed by atoms with van der Waals surface area (Å²) < 4.78 is 5.17. The highest BCUT2D eigenvalue weighted by Crippen LogP contribution is 2.25. The number of alkyl halides is 1. The first-order valence-electron chi connectivity index (χ1n) is 13.8. The number of Topliss-reactive ketones (excluding diaryl/α,β-unsaturated/α-hetero) is 2. The molecule has 0 bridgehead atoms. The molecule has 2 unspecified atom stereocenters. The van der Waals surface area contributed by atoms with Crippen LogP contribution in [0.15, 0.2) is 109 Å². The minimum absolute atomic E-state index is 0.00217. The maximum Gasteiger partial charge on any atom is 0.166 e. The number of carbonyl (C=O) groups is 2. The third-order valence-electron chi connectivity index (χ3n) is 6.55. The van der Waals surface area contributed by atoms with E-state index in [2.05, 4.69) is 0 Å². The molecule has 5 rings (SSSR count). The molecule has 0 saturated carbocycles. The summed E-state index contributed by atoms with van der Waals surface area (Å²) in [6.45, 7) is 0.689. The Morgan fingerprint density at radius 2 is 1.14 bits per heavy atom. The normalized spacial score (nSPS) is 15.2. The van der Waals surface area contributed by atoms with Crippen molar-refractivity contribution in [1.82, 2.24) is 0 Å². The van der Waals surface area contributed by atoms with Crippen LogP contribution >= 0.6 is 34.8 Å². The number of allylic oxidation sites excluding steroid dienone is 2. The lowest BCUT2D eigenvalue weighted by atomic mass is 9.96. The van der Waals surface area contributed by atoms with Crippen LogP contribution in [-0.4, -0.2) is 41.4 Å². The van der Waals surface area contributed by atoms with Crippen molar-refractivity contribution >= 4 is 69.7 Å². The maximum absolute atomic E-state index is 12.5. The maximum atomic E-state index is 12.5. The Kier molecular flexibility index (Phi) is 12.3. The Hall–Kier alpha value is -3.51. The molecule has 1 aliphatic rings. The Labute approximate surface area is 267 Å². The van der Waals surface area contributed by atoms with Crippen LogP contribution < -0.4 is 0 Å². The summed E-state index contributed by atoms with van der Waals surface area (Å²) in [6, 6.07) is 33.8. The molecule has 7 heteroatoms. The molecule has 4 nitrogen and oxygen atoms in total. The molecule has 1 N–H and O–H groups in total. The quantitative estimate of drug-likeness (QED) is 0.0777. The van der Waals surface area contributed by atoms with Crippen molar-refractivity contribution < 1.29 is 19.4 Å². The first kappa shape index (κ1) is 32.4. The van der Waals surface area contributed by atoms with E-state index in [1.54, 1.807) is 18.2 Å². The lowest BCUT2D eigenvalue weighted by Gasteiger charge is -2.10. The van der Waals surface area contributed by atoms with Gasteiger partial charge in [0.2, 0.25) is 0 Å². The summed E-state index contributed by atoms with van der Waals surface area (Å²) in [4.78, 5) is 25.0. The van der Waals surface area contributed by atoms with E-state index in [0.717, 1.165) is 22.3 Å². The van der Waals surface area contributed by atoms with Crippen molar-refractivity contribution in [1.29, 1.82) is 0 Å². The van der Waals surface area contributed by atoms with Gasteiger partial charge in [0.25, 0.3) is 0 Å². The number of hydrogen-bond acceptors (Lipinski definition) is 4. The van der Waals surface area contributed by atoms with Gasteiger partial charge in [0.15, 0.2) is 11.6 Å². The van der Waals surface area contributed by atoms with Crippen LogP contribution in [-0.2, 0) is 14.3 Å². The molecule has 0 aromatic heterocycles. The van der Waals surface area contributed by atoms with E-state index >= 15 is 0 Å². The Bertz CT molecular complexity index is 1540. The number of hydrogen-bond donors (Lipinski definition) is 1. The minimum Gasteiger partial charge on any atom is -0.391 e. The number of epoxide rings is 1. The van der Waals surface area contributed by atoms with Crippen molar-refractivity contribution in [2.24, 2.45) is 0 Å². The molecule has 0 radical (unpaired) electrons. The third-order valence-corrected chi connectivity index (χ3v) is 7.41. The molecule has 0 aliphatic carbocycles. The Morgan fingerprint density at radius 1 is 0.721 bits per heavy atom. The molecule has 1 fully saturated rings. The van der Waals surface area contributed by atoms with Gasteiger partial charge in [-0.3, -0.25) is 9.59 Å². The van der Waals surface area contributed by atoms with Gasteiger partial charge in [0, 0.05) is 39.9 Å². The number of benzene rings is 4. The lowest BCUT2D eigenvalue weighted by Crippen LogP contribution is -2.15. The van der Waals surface area contributed by atoms with Gasteiger partial charge < -0.3 is 9.84 Å². The van der Waals surface area contributed by atoms with Crippen LogP contribution in [0.5, 0.6) is 0 Å². The molecular formula is C36H31Cl3O4. The van der Waals surface area contributed by atoms with Crippen LogP contribution in [0, 0.1) is 0 Å². The van der Waals surface area contributed by atoms with Gasteiger partial charge in [-0.1, -0.05) is 108 Å². The highest BCUT2D eigenvalue weighted by molar-refractivity contribution is 6.31. The second-order valence-corrected chi connectivity index (χ2v) is 11.2. The Balaban J connectivity index is 0.000000197. The number of aliphatic hydroxyl groups is 1. The molecule has 220 valence electrons. The molecule has 4 aromatic carbocycles. The molecule has 0 spiro atoms. The number of aliphatic hydroxyl groups excluding tert-OH is 1. The molecule has 1 heterocycles. The van der Waals surface area contributed by atoms with Gasteiger partial charge in [-0.15, -0.1) is 11.6 Å². The van der Waals surface area contributed by atoms with E-state index in [0.29, 0.717) is 34.2 Å². The predicted molar refractivity (Wildman–Crippen MR) is 177 cm³/mol. The van der Waals surface area contributed by atoms with Crippen molar-refractivity contribution in [2.75, 3.05) is 12.5 Å². The second kappa shape index (κ2) is 16.4. The standard InChI is InChI=1S/C18H16Cl2O2.C18H15ClO2/c19-12-16(21)11-18(22)17(14-4-2-1-3-5-14)10-13-6-8-15(20)9-7-13;19-15-8-6-13(7-9-15)10-17(14-4-2-1-3-5-14)18(20)11-16-12-21-16/h1-10,16,21H,11-12H2;1-10,16H,11-12H2/b2*17-10+. The largest absolute Gasteiger partial charge is 0.391 e. The van der Waals surface area contributed by atoms with Crippen molar-refractivity contribution in [2.45, 2.75) is 25.0 Å². The molecule has 0 amide bonds. The lowest BCUT2D eigenvalue weighted by molar-refractivity contribution is -0.115. The van der Waals surface area contributed by atoms with Gasteiger partial charge in [0.1, 0.15) is 0 Å². The summed E-state index contributed by atoms with van der Waals surface area (Å²) in [7, 11) is 0. The number of rotatable bonds is 11. The van der Waals surface area contributed by atoms with E-state index in [9.17, 15) is 14.7 Å². The summed E-state index contributed by atoms with van der Waals surface area (Å²) in [5.74, 6) is 0.00216. The molecule has 1 aliphatic heterocycles. The zero-order valence-electron chi connectivity index (χ0n) is 23.3. The van der Waals surface area contributed by atoms with Gasteiger partial charge in [-0.05, 0) is 58.7 Å². The van der Waals surface area contributed by atoms with Crippen LogP contribution in [0.3, 0.4) is 0 Å². The number of ketones is 2. The SMILES string of the molecule is O=C(CC(O)CCl)/C(=C/c1ccc(Cl)cc1)c1ccccc1.O=C(CC1CO1)/C(=C/c1ccc(Cl)cc1)c1ccccc1. The zero-order chi connectivity index (χ0) is 30.6. The molecule has 43 heavy (non-hydrogen) atoms. The zero-order valence-corrected chi connectivity index (χ0v) is 25.6. The van der Waals surface area contributed by atoms with Crippen LogP contribution in [0.1, 0.15) is 35.1 Å². The predicted octanol–water partition coefficient (Wildman–Crippen LogP) is 8.68. The molecular weight excluding hydrogens is 603 g/mol. The smallest absolute Gasteiger partial charge is 0.166 e. The van der Waals surface area contributed by atoms with Gasteiger partial charge in [-0.2, -0.15) is 0 Å². The van der Waals surface area contributed by atoms with Gasteiger partial charge in [-0.25, -0.2) is 0 Å². The Morgan fingerprint density at radius 3 is 1.53 bits per heavy atom. The third kappa shape index (κ3) is 10.6. The summed E-state index contributed by atoms with van der Waals surface area (Å²) >= 11 is 17.4. The fraction of sp³-hybridized carbons (Fsp3) is 0.167. The van der Waals surface area contributed by atoms with E-state index in [1.165, 1.54) is 0 Å². The molecule has 1 saturated heterocycles. The van der Waals surface area contributed by atoms with E-state index in [-0.39, 0.29) is 30.0 Å². The van der Waals surface area contributed by atoms with Crippen LogP contribution in [0.4, 0.5) is 0 Å². The first-order valence-corrected chi connectivity index (χ1v) is 15.1. The average Bonchev–Trinajstić information content (AvgIpc) is 3.85. The fourth-order valence-electron chi connectivity index (χ4n) is 4.22. The van der Waals surface area contributed by atoms with Gasteiger partial charge >= 0.3 is 0 Å². The van der Waals surface area contributed by atoms with Crippen molar-refractivity contribution in [3.63, 3.8) is 0 Å². The second-order valence-electron chi connectivity index (χ2n) is 9.97. The first-order chi connectivity index (χ1) is 20.8. The van der Waals surface area contributed by atoms with Crippen LogP contribution in [0.25, 0.3) is 23.3 Å². The average molecular weight is 634 g/mol. The molecule has 2 atom stereocenters. The highest BCUT2D eigenvalue weighted by atomic mass is 35.5. The van der Waals surface area contributed by atoms with Crippen molar-refractivity contribution in [3.05, 3.63) is 141 Å². The summed E-state index contributed by atoms with van der Waals surface area (Å²) in [5, 5.41) is 11.0. The minimum atomic E-state index is -0.841. The number of halogens is 3. The number of carbonyl (C=O) groups excluding carboxylic acids is 2. The van der Waals surface area contributed by atoms with Gasteiger partial charge in [0.05, 0.1) is 18.8 Å².